The Kier molecular flexibility index (Phi) is 8.39. The van der Waals surface area contributed by atoms with E-state index < -0.39 is 0 Å². The second-order valence-corrected chi connectivity index (χ2v) is 16.7. The summed E-state index contributed by atoms with van der Waals surface area (Å²) in [6, 6.07) is 81.3. The van der Waals surface area contributed by atoms with Gasteiger partial charge in [-0.05, 0) is 98.8 Å². The van der Waals surface area contributed by atoms with Gasteiger partial charge in [0.25, 0.3) is 0 Å². The fourth-order valence-electron chi connectivity index (χ4n) is 9.15. The van der Waals surface area contributed by atoms with E-state index >= 15 is 0 Å². The van der Waals surface area contributed by atoms with Crippen LogP contribution in [0.5, 0.6) is 0 Å². The van der Waals surface area contributed by atoms with E-state index in [9.17, 15) is 0 Å². The summed E-state index contributed by atoms with van der Waals surface area (Å²) < 4.78 is 9.07. The molecule has 3 heteroatoms. The Labute approximate surface area is 357 Å². The van der Waals surface area contributed by atoms with Crippen LogP contribution < -0.4 is 4.90 Å². The molecule has 10 aromatic carbocycles. The van der Waals surface area contributed by atoms with Gasteiger partial charge >= 0.3 is 0 Å². The number of furan rings is 1. The van der Waals surface area contributed by atoms with E-state index in [2.05, 4.69) is 217 Å². The van der Waals surface area contributed by atoms with E-state index in [1.54, 1.807) is 0 Å². The maximum Gasteiger partial charge on any atom is 0.143 e. The summed E-state index contributed by atoms with van der Waals surface area (Å²) in [5.74, 6) is 0. The minimum Gasteiger partial charge on any atom is -0.455 e. The smallest absolute Gasteiger partial charge is 0.143 e. The van der Waals surface area contributed by atoms with Gasteiger partial charge in [-0.1, -0.05) is 170 Å². The highest BCUT2D eigenvalue weighted by molar-refractivity contribution is 7.25. The molecule has 12 aromatic rings. The molecule has 0 aliphatic rings. The molecule has 2 nitrogen and oxygen atoms in total. The molecular formula is C58H37NOS. The van der Waals surface area contributed by atoms with Gasteiger partial charge in [-0.25, -0.2) is 0 Å². The van der Waals surface area contributed by atoms with Crippen LogP contribution >= 0.6 is 11.3 Å². The Morgan fingerprint density at radius 3 is 1.80 bits per heavy atom. The van der Waals surface area contributed by atoms with Crippen LogP contribution in [0.2, 0.25) is 0 Å². The van der Waals surface area contributed by atoms with Crippen molar-refractivity contribution in [3.05, 3.63) is 224 Å². The van der Waals surface area contributed by atoms with Gasteiger partial charge in [0.1, 0.15) is 11.2 Å². The standard InChI is InChI=1S/C58H37NOS/c1-2-14-40-35-42(28-27-38(40)13-1)47-18-4-3-17-46(47)41-15-11-16-45(36-41)59(44-32-29-39(30-33-44)49-22-12-23-53-50-20-6-9-25-55(50)60-58(49)53)54-24-8-5-19-48(54)43-31-34-52-51-21-7-10-26-56(51)61-57(52)37-43/h1-37H. The summed E-state index contributed by atoms with van der Waals surface area (Å²) in [5, 5.41) is 7.35. The van der Waals surface area contributed by atoms with Gasteiger partial charge in [-0.2, -0.15) is 0 Å². The molecule has 0 saturated heterocycles. The molecule has 0 bridgehead atoms. The van der Waals surface area contributed by atoms with Crippen molar-refractivity contribution in [3.8, 4) is 44.5 Å². The van der Waals surface area contributed by atoms with Gasteiger partial charge < -0.3 is 9.32 Å². The molecule has 0 spiro atoms. The lowest BCUT2D eigenvalue weighted by Crippen LogP contribution is -2.11. The third-order valence-electron chi connectivity index (χ3n) is 12.1. The first-order valence-corrected chi connectivity index (χ1v) is 21.6. The molecule has 0 atom stereocenters. The normalized spacial score (nSPS) is 11.6. The van der Waals surface area contributed by atoms with Gasteiger partial charge in [0.05, 0.1) is 5.69 Å². The zero-order valence-electron chi connectivity index (χ0n) is 33.1. The van der Waals surface area contributed by atoms with E-state index in [0.29, 0.717) is 0 Å². The lowest BCUT2D eigenvalue weighted by molar-refractivity contribution is 0.670. The van der Waals surface area contributed by atoms with Crippen molar-refractivity contribution in [1.82, 2.24) is 0 Å². The van der Waals surface area contributed by atoms with Gasteiger partial charge in [-0.15, -0.1) is 11.3 Å². The zero-order chi connectivity index (χ0) is 40.3. The van der Waals surface area contributed by atoms with Crippen LogP contribution in [0.4, 0.5) is 17.1 Å². The molecule has 0 fully saturated rings. The predicted molar refractivity (Wildman–Crippen MR) is 261 cm³/mol. The molecule has 0 N–H and O–H groups in total. The number of anilines is 3. The van der Waals surface area contributed by atoms with Crippen molar-refractivity contribution in [2.75, 3.05) is 4.90 Å². The third kappa shape index (κ3) is 6.09. The molecule has 61 heavy (non-hydrogen) atoms. The number of benzene rings is 10. The van der Waals surface area contributed by atoms with Crippen molar-refractivity contribution in [2.24, 2.45) is 0 Å². The van der Waals surface area contributed by atoms with Crippen LogP contribution in [0.1, 0.15) is 0 Å². The number of rotatable bonds is 7. The molecule has 0 radical (unpaired) electrons. The number of hydrogen-bond acceptors (Lipinski definition) is 3. The van der Waals surface area contributed by atoms with Crippen molar-refractivity contribution < 1.29 is 4.42 Å². The second-order valence-electron chi connectivity index (χ2n) is 15.6. The first kappa shape index (κ1) is 35.2. The highest BCUT2D eigenvalue weighted by atomic mass is 32.1. The van der Waals surface area contributed by atoms with E-state index in [-0.39, 0.29) is 0 Å². The number of para-hydroxylation sites is 3. The summed E-state index contributed by atoms with van der Waals surface area (Å²) in [5.41, 5.74) is 14.4. The zero-order valence-corrected chi connectivity index (χ0v) is 33.9. The fourth-order valence-corrected chi connectivity index (χ4v) is 10.3. The highest BCUT2D eigenvalue weighted by Gasteiger charge is 2.20. The van der Waals surface area contributed by atoms with E-state index in [1.807, 2.05) is 23.5 Å². The van der Waals surface area contributed by atoms with Crippen LogP contribution in [0.25, 0.3) is 97.4 Å². The number of fused-ring (bicyclic) bond motifs is 7. The summed E-state index contributed by atoms with van der Waals surface area (Å²) in [6.45, 7) is 0. The largest absolute Gasteiger partial charge is 0.455 e. The first-order chi connectivity index (χ1) is 30.2. The molecule has 0 aliphatic heterocycles. The highest BCUT2D eigenvalue weighted by Crippen LogP contribution is 2.45. The maximum absolute atomic E-state index is 6.48. The Balaban J connectivity index is 1.02. The Morgan fingerprint density at radius 1 is 0.328 bits per heavy atom. The number of hydrogen-bond donors (Lipinski definition) is 0. The number of nitrogens with zero attached hydrogens (tertiary/aromatic N) is 1. The molecule has 2 heterocycles. The molecule has 0 unspecified atom stereocenters. The van der Waals surface area contributed by atoms with Gasteiger partial charge in [0.15, 0.2) is 0 Å². The van der Waals surface area contributed by atoms with Crippen LogP contribution in [-0.4, -0.2) is 0 Å². The van der Waals surface area contributed by atoms with Crippen molar-refractivity contribution in [2.45, 2.75) is 0 Å². The Morgan fingerprint density at radius 2 is 0.934 bits per heavy atom. The molecule has 2 aromatic heterocycles. The summed E-state index contributed by atoms with van der Waals surface area (Å²) in [4.78, 5) is 2.41. The number of thiophene rings is 1. The quantitative estimate of drug-likeness (QED) is 0.160. The van der Waals surface area contributed by atoms with Gasteiger partial charge in [0, 0.05) is 53.4 Å². The summed E-state index contributed by atoms with van der Waals surface area (Å²) in [7, 11) is 0. The molecule has 12 rings (SSSR count). The van der Waals surface area contributed by atoms with E-state index in [4.69, 9.17) is 4.42 Å². The van der Waals surface area contributed by atoms with Gasteiger partial charge in [-0.3, -0.25) is 0 Å². The summed E-state index contributed by atoms with van der Waals surface area (Å²) in [6.07, 6.45) is 0. The van der Waals surface area contributed by atoms with E-state index in [0.717, 1.165) is 55.7 Å². The Bertz CT molecular complexity index is 3610. The predicted octanol–water partition coefficient (Wildman–Crippen LogP) is 17.2. The minimum absolute atomic E-state index is 0.903. The third-order valence-corrected chi connectivity index (χ3v) is 13.2. The monoisotopic (exact) mass is 795 g/mol. The van der Waals surface area contributed by atoms with Crippen molar-refractivity contribution in [3.63, 3.8) is 0 Å². The topological polar surface area (TPSA) is 16.4 Å². The van der Waals surface area contributed by atoms with Crippen molar-refractivity contribution >= 4 is 81.3 Å². The summed E-state index contributed by atoms with van der Waals surface area (Å²) >= 11 is 1.86. The van der Waals surface area contributed by atoms with Crippen molar-refractivity contribution in [1.29, 1.82) is 0 Å². The van der Waals surface area contributed by atoms with Crippen LogP contribution in [0.15, 0.2) is 229 Å². The first-order valence-electron chi connectivity index (χ1n) is 20.7. The van der Waals surface area contributed by atoms with Crippen LogP contribution in [0.3, 0.4) is 0 Å². The van der Waals surface area contributed by atoms with Gasteiger partial charge in [0.2, 0.25) is 0 Å². The van der Waals surface area contributed by atoms with Crippen LogP contribution in [-0.2, 0) is 0 Å². The average molecular weight is 796 g/mol. The minimum atomic E-state index is 0.903. The second kappa shape index (κ2) is 14.5. The molecule has 0 amide bonds. The molecule has 0 saturated carbocycles. The Hall–Kier alpha value is -7.72. The maximum atomic E-state index is 6.48. The fraction of sp³-hybridized carbons (Fsp3) is 0. The lowest BCUT2D eigenvalue weighted by atomic mass is 9.93. The average Bonchev–Trinajstić information content (AvgIpc) is 3.90. The lowest BCUT2D eigenvalue weighted by Gasteiger charge is -2.28. The van der Waals surface area contributed by atoms with Crippen LogP contribution in [0, 0.1) is 0 Å². The molecule has 0 aliphatic carbocycles. The van der Waals surface area contributed by atoms with E-state index in [1.165, 1.54) is 58.8 Å². The molecular weight excluding hydrogens is 759 g/mol. The SMILES string of the molecule is c1cc(-c2ccccc2-c2ccc3ccccc3c2)cc(N(c2ccc(-c3cccc4c3oc3ccccc34)cc2)c2ccccc2-c2ccc3c(c2)sc2ccccc23)c1. The molecule has 286 valence electrons.